The second kappa shape index (κ2) is 5.93. The van der Waals surface area contributed by atoms with Crippen LogP contribution in [0.5, 0.6) is 5.75 Å². The first-order chi connectivity index (χ1) is 10.6. The van der Waals surface area contributed by atoms with Crippen LogP contribution in [0.15, 0.2) is 48.7 Å². The van der Waals surface area contributed by atoms with Crippen LogP contribution in [0.25, 0.3) is 10.9 Å². The van der Waals surface area contributed by atoms with Crippen LogP contribution in [-0.2, 0) is 4.79 Å². The van der Waals surface area contributed by atoms with Crippen molar-refractivity contribution in [3.05, 3.63) is 59.8 Å². The van der Waals surface area contributed by atoms with Crippen molar-refractivity contribution in [1.29, 1.82) is 0 Å². The molecule has 0 saturated heterocycles. The van der Waals surface area contributed by atoms with Crippen molar-refractivity contribution in [2.75, 3.05) is 11.9 Å². The zero-order valence-electron chi connectivity index (χ0n) is 12.6. The molecule has 22 heavy (non-hydrogen) atoms. The number of hydrogen-bond donors (Lipinski definition) is 2. The second-order valence-electron chi connectivity index (χ2n) is 5.34. The molecule has 0 saturated carbocycles. The Labute approximate surface area is 129 Å². The lowest BCUT2D eigenvalue weighted by molar-refractivity contribution is -0.118. The van der Waals surface area contributed by atoms with Gasteiger partial charge in [-0.2, -0.15) is 0 Å². The smallest absolute Gasteiger partial charge is 0.262 e. The van der Waals surface area contributed by atoms with E-state index in [1.165, 1.54) is 0 Å². The Hall–Kier alpha value is -2.75. The standard InChI is InChI=1S/C18H18N2O2/c1-12-4-3-5-13(2)18(12)22-11-17(21)20-15-6-7-16-14(10-15)8-9-19-16/h3-10,19H,11H2,1-2H3,(H,20,21). The summed E-state index contributed by atoms with van der Waals surface area (Å²) in [6.07, 6.45) is 1.88. The Bertz CT molecular complexity index is 801. The molecule has 0 aliphatic heterocycles. The summed E-state index contributed by atoms with van der Waals surface area (Å²) in [5.41, 5.74) is 3.87. The number of aromatic nitrogens is 1. The van der Waals surface area contributed by atoms with E-state index >= 15 is 0 Å². The number of carbonyl (C=O) groups is 1. The molecule has 1 aromatic heterocycles. The van der Waals surface area contributed by atoms with Crippen molar-refractivity contribution in [3.63, 3.8) is 0 Å². The van der Waals surface area contributed by atoms with Gasteiger partial charge in [-0.3, -0.25) is 4.79 Å². The predicted molar refractivity (Wildman–Crippen MR) is 88.3 cm³/mol. The van der Waals surface area contributed by atoms with E-state index < -0.39 is 0 Å². The highest BCUT2D eigenvalue weighted by molar-refractivity contribution is 5.94. The Morgan fingerprint density at radius 2 is 1.91 bits per heavy atom. The molecule has 0 spiro atoms. The van der Waals surface area contributed by atoms with Gasteiger partial charge in [-0.15, -0.1) is 0 Å². The average molecular weight is 294 g/mol. The van der Waals surface area contributed by atoms with Gasteiger partial charge >= 0.3 is 0 Å². The molecule has 3 aromatic rings. The largest absolute Gasteiger partial charge is 0.483 e. The van der Waals surface area contributed by atoms with Gasteiger partial charge in [0.05, 0.1) is 0 Å². The highest BCUT2D eigenvalue weighted by Crippen LogP contribution is 2.22. The van der Waals surface area contributed by atoms with E-state index in [9.17, 15) is 4.79 Å². The van der Waals surface area contributed by atoms with Crippen LogP contribution in [0.2, 0.25) is 0 Å². The van der Waals surface area contributed by atoms with E-state index in [4.69, 9.17) is 4.74 Å². The molecule has 0 atom stereocenters. The van der Waals surface area contributed by atoms with Gasteiger partial charge in [0.2, 0.25) is 0 Å². The first kappa shape index (κ1) is 14.2. The van der Waals surface area contributed by atoms with Crippen molar-refractivity contribution < 1.29 is 9.53 Å². The number of fused-ring (bicyclic) bond motifs is 1. The molecule has 0 bridgehead atoms. The van der Waals surface area contributed by atoms with Gasteiger partial charge in [-0.05, 0) is 49.2 Å². The number of para-hydroxylation sites is 1. The zero-order valence-corrected chi connectivity index (χ0v) is 12.6. The van der Waals surface area contributed by atoms with E-state index in [1.54, 1.807) is 0 Å². The lowest BCUT2D eigenvalue weighted by Gasteiger charge is -2.12. The number of hydrogen-bond acceptors (Lipinski definition) is 2. The number of carbonyl (C=O) groups excluding carboxylic acids is 1. The molecule has 4 heteroatoms. The molecule has 4 nitrogen and oxygen atoms in total. The second-order valence-corrected chi connectivity index (χ2v) is 5.34. The molecule has 0 unspecified atom stereocenters. The van der Waals surface area contributed by atoms with Crippen LogP contribution in [0.3, 0.4) is 0 Å². The molecule has 1 amide bonds. The van der Waals surface area contributed by atoms with Crippen LogP contribution in [0, 0.1) is 13.8 Å². The van der Waals surface area contributed by atoms with Crippen molar-refractivity contribution in [1.82, 2.24) is 4.98 Å². The monoisotopic (exact) mass is 294 g/mol. The Morgan fingerprint density at radius 3 is 2.68 bits per heavy atom. The molecule has 1 heterocycles. The Kier molecular flexibility index (Phi) is 3.83. The number of nitrogens with one attached hydrogen (secondary N) is 2. The first-order valence-corrected chi connectivity index (χ1v) is 7.19. The van der Waals surface area contributed by atoms with Crippen molar-refractivity contribution in [3.8, 4) is 5.75 Å². The summed E-state index contributed by atoms with van der Waals surface area (Å²) in [6.45, 7) is 3.94. The number of rotatable bonds is 4. The summed E-state index contributed by atoms with van der Waals surface area (Å²) in [5.74, 6) is 0.608. The number of ether oxygens (including phenoxy) is 1. The highest BCUT2D eigenvalue weighted by atomic mass is 16.5. The number of anilines is 1. The van der Waals surface area contributed by atoms with Gasteiger partial charge in [0.15, 0.2) is 6.61 Å². The molecule has 3 rings (SSSR count). The summed E-state index contributed by atoms with van der Waals surface area (Å²) in [6, 6.07) is 13.6. The summed E-state index contributed by atoms with van der Waals surface area (Å²) in [5, 5.41) is 3.92. The summed E-state index contributed by atoms with van der Waals surface area (Å²) >= 11 is 0. The fourth-order valence-corrected chi connectivity index (χ4v) is 2.49. The third-order valence-electron chi connectivity index (χ3n) is 3.59. The zero-order chi connectivity index (χ0) is 15.5. The van der Waals surface area contributed by atoms with Crippen LogP contribution in [0.1, 0.15) is 11.1 Å². The topological polar surface area (TPSA) is 54.1 Å². The molecular weight excluding hydrogens is 276 g/mol. The van der Waals surface area contributed by atoms with Crippen molar-refractivity contribution >= 4 is 22.5 Å². The van der Waals surface area contributed by atoms with Crippen LogP contribution in [0.4, 0.5) is 5.69 Å². The summed E-state index contributed by atoms with van der Waals surface area (Å²) < 4.78 is 5.66. The molecular formula is C18H18N2O2. The minimum absolute atomic E-state index is 0.00311. The first-order valence-electron chi connectivity index (χ1n) is 7.19. The summed E-state index contributed by atoms with van der Waals surface area (Å²) in [4.78, 5) is 15.2. The van der Waals surface area contributed by atoms with Crippen LogP contribution in [-0.4, -0.2) is 17.5 Å². The SMILES string of the molecule is Cc1cccc(C)c1OCC(=O)Nc1ccc2[nH]ccc2c1. The average Bonchev–Trinajstić information content (AvgIpc) is 2.94. The number of aromatic amines is 1. The van der Waals surface area contributed by atoms with Crippen LogP contribution >= 0.6 is 0 Å². The number of H-pyrrole nitrogens is 1. The van der Waals surface area contributed by atoms with Gasteiger partial charge in [-0.1, -0.05) is 18.2 Å². The summed E-state index contributed by atoms with van der Waals surface area (Å²) in [7, 11) is 0. The highest BCUT2D eigenvalue weighted by Gasteiger charge is 2.08. The van der Waals surface area contributed by atoms with E-state index in [2.05, 4.69) is 10.3 Å². The van der Waals surface area contributed by atoms with Gasteiger partial charge in [0, 0.05) is 22.8 Å². The van der Waals surface area contributed by atoms with Gasteiger partial charge in [0.25, 0.3) is 5.91 Å². The lowest BCUT2D eigenvalue weighted by atomic mass is 10.1. The molecule has 2 aromatic carbocycles. The minimum Gasteiger partial charge on any atom is -0.483 e. The third kappa shape index (κ3) is 2.96. The van der Waals surface area contributed by atoms with E-state index in [1.807, 2.05) is 62.5 Å². The molecule has 0 radical (unpaired) electrons. The fraction of sp³-hybridized carbons (Fsp3) is 0.167. The Morgan fingerprint density at radius 1 is 1.14 bits per heavy atom. The minimum atomic E-state index is -0.169. The molecule has 112 valence electrons. The number of benzene rings is 2. The predicted octanol–water partition coefficient (Wildman–Crippen LogP) is 3.80. The van der Waals surface area contributed by atoms with Gasteiger partial charge < -0.3 is 15.0 Å². The van der Waals surface area contributed by atoms with E-state index in [0.717, 1.165) is 33.5 Å². The van der Waals surface area contributed by atoms with E-state index in [-0.39, 0.29) is 12.5 Å². The van der Waals surface area contributed by atoms with Crippen LogP contribution < -0.4 is 10.1 Å². The quantitative estimate of drug-likeness (QED) is 0.769. The lowest BCUT2D eigenvalue weighted by Crippen LogP contribution is -2.20. The van der Waals surface area contributed by atoms with Crippen molar-refractivity contribution in [2.24, 2.45) is 0 Å². The third-order valence-corrected chi connectivity index (χ3v) is 3.59. The molecule has 2 N–H and O–H groups in total. The number of amides is 1. The fourth-order valence-electron chi connectivity index (χ4n) is 2.49. The van der Waals surface area contributed by atoms with Crippen molar-refractivity contribution in [2.45, 2.75) is 13.8 Å². The molecule has 0 aliphatic rings. The molecule has 0 fully saturated rings. The normalized spacial score (nSPS) is 10.6. The van der Waals surface area contributed by atoms with Gasteiger partial charge in [0.1, 0.15) is 5.75 Å². The maximum absolute atomic E-state index is 12.0. The number of aryl methyl sites for hydroxylation is 2. The van der Waals surface area contributed by atoms with Gasteiger partial charge in [-0.25, -0.2) is 0 Å². The molecule has 0 aliphatic carbocycles. The maximum Gasteiger partial charge on any atom is 0.262 e. The Balaban J connectivity index is 1.65. The maximum atomic E-state index is 12.0. The van der Waals surface area contributed by atoms with E-state index in [0.29, 0.717) is 0 Å².